The lowest BCUT2D eigenvalue weighted by molar-refractivity contribution is 0.636. The summed E-state index contributed by atoms with van der Waals surface area (Å²) in [6.07, 6.45) is 0. The maximum absolute atomic E-state index is 13.9. The van der Waals surface area contributed by atoms with Crippen LogP contribution in [-0.4, -0.2) is 12.0 Å². The van der Waals surface area contributed by atoms with Crippen molar-refractivity contribution in [3.8, 4) is 0 Å². The third-order valence-corrected chi connectivity index (χ3v) is 3.75. The lowest BCUT2D eigenvalue weighted by Crippen LogP contribution is -2.05. The van der Waals surface area contributed by atoms with E-state index in [1.807, 2.05) is 14.0 Å². The second kappa shape index (κ2) is 4.84. The van der Waals surface area contributed by atoms with Gasteiger partial charge in [-0.25, -0.2) is 9.37 Å². The number of nitrogens with one attached hydrogen (secondary N) is 1. The van der Waals surface area contributed by atoms with Gasteiger partial charge in [0.15, 0.2) is 0 Å². The quantitative estimate of drug-likeness (QED) is 0.876. The summed E-state index contributed by atoms with van der Waals surface area (Å²) < 4.78 is 14.7. The molecule has 1 aromatic carbocycles. The van der Waals surface area contributed by atoms with E-state index in [0.717, 1.165) is 26.8 Å². The molecule has 1 aromatic heterocycles. The molecule has 4 heteroatoms. The standard InChI is InChI=1S/C14H16BrFN2/c1-7(2)11-8(3)18-13-10(16)6-5-9(15)12(13)14(11)17-4/h5-7H,1-4H3,(H,17,18). The zero-order valence-corrected chi connectivity index (χ0v) is 12.5. The number of hydrogen-bond acceptors (Lipinski definition) is 2. The molecule has 2 nitrogen and oxygen atoms in total. The van der Waals surface area contributed by atoms with E-state index in [2.05, 4.69) is 40.1 Å². The Labute approximate surface area is 115 Å². The molecule has 2 rings (SSSR count). The molecule has 0 amide bonds. The van der Waals surface area contributed by atoms with E-state index in [9.17, 15) is 4.39 Å². The van der Waals surface area contributed by atoms with Gasteiger partial charge in [0, 0.05) is 28.3 Å². The van der Waals surface area contributed by atoms with Crippen molar-refractivity contribution >= 4 is 32.5 Å². The molecule has 0 saturated heterocycles. The van der Waals surface area contributed by atoms with Gasteiger partial charge in [-0.3, -0.25) is 0 Å². The molecule has 0 spiro atoms. The fourth-order valence-corrected chi connectivity index (χ4v) is 2.92. The number of anilines is 1. The summed E-state index contributed by atoms with van der Waals surface area (Å²) in [4.78, 5) is 4.42. The van der Waals surface area contributed by atoms with Crippen LogP contribution in [0.1, 0.15) is 31.0 Å². The summed E-state index contributed by atoms with van der Waals surface area (Å²) in [5, 5.41) is 4.00. The Hall–Kier alpha value is -1.16. The fraction of sp³-hybridized carbons (Fsp3) is 0.357. The highest BCUT2D eigenvalue weighted by Gasteiger charge is 2.18. The van der Waals surface area contributed by atoms with Crippen LogP contribution in [0.15, 0.2) is 16.6 Å². The van der Waals surface area contributed by atoms with Crippen LogP contribution < -0.4 is 5.32 Å². The number of nitrogens with zero attached hydrogens (tertiary/aromatic N) is 1. The van der Waals surface area contributed by atoms with Gasteiger partial charge < -0.3 is 5.32 Å². The van der Waals surface area contributed by atoms with E-state index in [1.54, 1.807) is 6.07 Å². The first-order chi connectivity index (χ1) is 8.47. The largest absolute Gasteiger partial charge is 0.387 e. The maximum atomic E-state index is 13.9. The molecule has 0 aliphatic heterocycles. The highest BCUT2D eigenvalue weighted by molar-refractivity contribution is 9.10. The van der Waals surface area contributed by atoms with Crippen LogP contribution in [0, 0.1) is 12.7 Å². The van der Waals surface area contributed by atoms with Crippen LogP contribution in [0.5, 0.6) is 0 Å². The second-order valence-electron chi connectivity index (χ2n) is 4.64. The molecule has 1 N–H and O–H groups in total. The number of halogens is 2. The first-order valence-electron chi connectivity index (χ1n) is 5.93. The number of benzene rings is 1. The van der Waals surface area contributed by atoms with Crippen molar-refractivity contribution < 1.29 is 4.39 Å². The maximum Gasteiger partial charge on any atom is 0.149 e. The number of hydrogen-bond donors (Lipinski definition) is 1. The van der Waals surface area contributed by atoms with Crippen molar-refractivity contribution in [1.29, 1.82) is 0 Å². The van der Waals surface area contributed by atoms with Crippen LogP contribution in [0.3, 0.4) is 0 Å². The van der Waals surface area contributed by atoms with Crippen molar-refractivity contribution in [2.75, 3.05) is 12.4 Å². The lowest BCUT2D eigenvalue weighted by atomic mass is 9.96. The molecule has 0 bridgehead atoms. The van der Waals surface area contributed by atoms with Crippen molar-refractivity contribution in [2.45, 2.75) is 26.7 Å². The average Bonchev–Trinajstić information content (AvgIpc) is 2.32. The number of aryl methyl sites for hydroxylation is 1. The van der Waals surface area contributed by atoms with Crippen molar-refractivity contribution in [3.63, 3.8) is 0 Å². The molecule has 0 aliphatic rings. The van der Waals surface area contributed by atoms with Gasteiger partial charge in [0.25, 0.3) is 0 Å². The normalized spacial score (nSPS) is 11.3. The smallest absolute Gasteiger partial charge is 0.149 e. The molecule has 1 heterocycles. The summed E-state index contributed by atoms with van der Waals surface area (Å²) in [7, 11) is 1.86. The molecule has 0 aliphatic carbocycles. The van der Waals surface area contributed by atoms with E-state index >= 15 is 0 Å². The van der Waals surface area contributed by atoms with Crippen molar-refractivity contribution in [3.05, 3.63) is 33.7 Å². The highest BCUT2D eigenvalue weighted by atomic mass is 79.9. The van der Waals surface area contributed by atoms with Crippen LogP contribution in [0.25, 0.3) is 10.9 Å². The van der Waals surface area contributed by atoms with Gasteiger partial charge in [0.05, 0.1) is 0 Å². The minimum Gasteiger partial charge on any atom is -0.387 e. The summed E-state index contributed by atoms with van der Waals surface area (Å²) >= 11 is 3.48. The molecule has 0 fully saturated rings. The molecule has 0 unspecified atom stereocenters. The minimum absolute atomic E-state index is 0.289. The van der Waals surface area contributed by atoms with Crippen LogP contribution in [0.2, 0.25) is 0 Å². The molecule has 2 aromatic rings. The zero-order chi connectivity index (χ0) is 13.4. The average molecular weight is 311 g/mol. The predicted octanol–water partition coefficient (Wildman–Crippen LogP) is 4.61. The van der Waals surface area contributed by atoms with E-state index in [0.29, 0.717) is 11.4 Å². The molecule has 96 valence electrons. The summed E-state index contributed by atoms with van der Waals surface area (Å²) in [5.74, 6) is 0.0441. The Morgan fingerprint density at radius 3 is 2.56 bits per heavy atom. The summed E-state index contributed by atoms with van der Waals surface area (Å²) in [5.41, 5.74) is 3.38. The van der Waals surface area contributed by atoms with Gasteiger partial charge >= 0.3 is 0 Å². The Morgan fingerprint density at radius 2 is 2.00 bits per heavy atom. The van der Waals surface area contributed by atoms with Crippen molar-refractivity contribution in [2.24, 2.45) is 0 Å². The third kappa shape index (κ3) is 1.99. The van der Waals surface area contributed by atoms with Gasteiger partial charge in [-0.05, 0) is 30.5 Å². The molecule has 0 radical (unpaired) electrons. The first kappa shape index (κ1) is 13.3. The summed E-state index contributed by atoms with van der Waals surface area (Å²) in [6, 6.07) is 3.16. The Balaban J connectivity index is 2.99. The number of rotatable bonds is 2. The minimum atomic E-state index is -0.289. The Morgan fingerprint density at radius 1 is 1.33 bits per heavy atom. The molecule has 0 saturated carbocycles. The van der Waals surface area contributed by atoms with Crippen LogP contribution >= 0.6 is 15.9 Å². The SMILES string of the molecule is CNc1c(C(C)C)c(C)nc2c(F)ccc(Br)c12. The number of fused-ring (bicyclic) bond motifs is 1. The highest BCUT2D eigenvalue weighted by Crippen LogP contribution is 2.37. The van der Waals surface area contributed by atoms with Crippen LogP contribution in [0.4, 0.5) is 10.1 Å². The van der Waals surface area contributed by atoms with E-state index in [-0.39, 0.29) is 5.82 Å². The lowest BCUT2D eigenvalue weighted by Gasteiger charge is -2.18. The van der Waals surface area contributed by atoms with E-state index in [4.69, 9.17) is 0 Å². The van der Waals surface area contributed by atoms with E-state index in [1.165, 1.54) is 6.07 Å². The molecular weight excluding hydrogens is 295 g/mol. The fourth-order valence-electron chi connectivity index (χ4n) is 2.40. The number of pyridine rings is 1. The zero-order valence-electron chi connectivity index (χ0n) is 10.9. The molecule has 0 atom stereocenters. The molecule has 18 heavy (non-hydrogen) atoms. The monoisotopic (exact) mass is 310 g/mol. The van der Waals surface area contributed by atoms with Crippen molar-refractivity contribution in [1.82, 2.24) is 4.98 Å². The Bertz CT molecular complexity index is 609. The van der Waals surface area contributed by atoms with Crippen LogP contribution in [-0.2, 0) is 0 Å². The third-order valence-electron chi connectivity index (χ3n) is 3.09. The number of aromatic nitrogens is 1. The van der Waals surface area contributed by atoms with Gasteiger partial charge in [0.2, 0.25) is 0 Å². The first-order valence-corrected chi connectivity index (χ1v) is 6.72. The summed E-state index contributed by atoms with van der Waals surface area (Å²) in [6.45, 7) is 6.16. The second-order valence-corrected chi connectivity index (χ2v) is 5.50. The molecular formula is C14H16BrFN2. The van der Waals surface area contributed by atoms with Gasteiger partial charge in [0.1, 0.15) is 11.3 Å². The Kier molecular flexibility index (Phi) is 3.57. The van der Waals surface area contributed by atoms with E-state index < -0.39 is 0 Å². The van der Waals surface area contributed by atoms with Gasteiger partial charge in [-0.2, -0.15) is 0 Å². The van der Waals surface area contributed by atoms with Gasteiger partial charge in [-0.15, -0.1) is 0 Å². The predicted molar refractivity (Wildman–Crippen MR) is 77.8 cm³/mol. The topological polar surface area (TPSA) is 24.9 Å². The van der Waals surface area contributed by atoms with Gasteiger partial charge in [-0.1, -0.05) is 29.8 Å².